The van der Waals surface area contributed by atoms with Gasteiger partial charge in [0.05, 0.1) is 11.7 Å². The molecule has 1 amide bonds. The zero-order valence-corrected chi connectivity index (χ0v) is 11.8. The number of nitrogens with one attached hydrogen (secondary N) is 1. The van der Waals surface area contributed by atoms with Gasteiger partial charge in [-0.25, -0.2) is 0 Å². The first-order valence-corrected chi connectivity index (χ1v) is 8.00. The number of rotatable bonds is 4. The summed E-state index contributed by atoms with van der Waals surface area (Å²) in [5, 5.41) is 3.47. The molecule has 1 saturated carbocycles. The van der Waals surface area contributed by atoms with Gasteiger partial charge in [-0.1, -0.05) is 13.8 Å². The first kappa shape index (κ1) is 13.0. The number of carbonyl (C=O) groups is 1. The van der Waals surface area contributed by atoms with Gasteiger partial charge in [-0.15, -0.1) is 0 Å². The van der Waals surface area contributed by atoms with Crippen LogP contribution in [0.3, 0.4) is 0 Å². The summed E-state index contributed by atoms with van der Waals surface area (Å²) in [6, 6.07) is 0.0493. The summed E-state index contributed by atoms with van der Waals surface area (Å²) >= 11 is 0. The van der Waals surface area contributed by atoms with E-state index in [0.717, 1.165) is 12.8 Å². The Hall–Kier alpha value is -0.420. The van der Waals surface area contributed by atoms with E-state index >= 15 is 0 Å². The average molecular weight is 258 g/mol. The zero-order valence-electron chi connectivity index (χ0n) is 11.0. The fourth-order valence-corrected chi connectivity index (χ4v) is 3.49. The van der Waals surface area contributed by atoms with Crippen molar-refractivity contribution in [2.24, 2.45) is 5.92 Å². The third kappa shape index (κ3) is 2.27. The van der Waals surface area contributed by atoms with Gasteiger partial charge in [0, 0.05) is 28.9 Å². The average Bonchev–Trinajstić information content (AvgIpc) is 2.89. The van der Waals surface area contributed by atoms with E-state index in [1.54, 1.807) is 6.26 Å². The highest BCUT2D eigenvalue weighted by Crippen LogP contribution is 2.43. The van der Waals surface area contributed by atoms with Crippen molar-refractivity contribution in [3.63, 3.8) is 0 Å². The van der Waals surface area contributed by atoms with Crippen LogP contribution in [0.2, 0.25) is 0 Å². The number of carbonyl (C=O) groups excluding carboxylic acids is 1. The highest BCUT2D eigenvalue weighted by Gasteiger charge is 2.60. The Bertz CT molecular complexity index is 352. The number of hydrogen-bond acceptors (Lipinski definition) is 3. The molecule has 1 aliphatic carbocycles. The largest absolute Gasteiger partial charge is 0.322 e. The molecule has 2 fully saturated rings. The van der Waals surface area contributed by atoms with Crippen molar-refractivity contribution < 1.29 is 9.00 Å². The van der Waals surface area contributed by atoms with Crippen molar-refractivity contribution in [2.45, 2.75) is 51.4 Å². The normalized spacial score (nSPS) is 30.1. The lowest BCUT2D eigenvalue weighted by molar-refractivity contribution is -0.132. The summed E-state index contributed by atoms with van der Waals surface area (Å²) in [5.41, 5.74) is -0.265. The van der Waals surface area contributed by atoms with E-state index in [1.807, 2.05) is 11.8 Å². The van der Waals surface area contributed by atoms with Gasteiger partial charge in [-0.05, 0) is 25.7 Å². The maximum absolute atomic E-state index is 12.4. The van der Waals surface area contributed by atoms with E-state index in [9.17, 15) is 9.00 Å². The van der Waals surface area contributed by atoms with Crippen molar-refractivity contribution in [2.75, 3.05) is 12.0 Å². The zero-order chi connectivity index (χ0) is 12.8. The first-order valence-electron chi connectivity index (χ1n) is 6.28. The Morgan fingerprint density at radius 1 is 1.47 bits per heavy atom. The Morgan fingerprint density at radius 2 is 2.06 bits per heavy atom. The second kappa shape index (κ2) is 4.35. The molecule has 3 unspecified atom stereocenters. The van der Waals surface area contributed by atoms with E-state index in [4.69, 9.17) is 0 Å². The molecular formula is C12H22N2O2S. The minimum absolute atomic E-state index is 0.0493. The minimum atomic E-state index is -0.861. The third-order valence-corrected chi connectivity index (χ3v) is 4.65. The molecule has 2 aliphatic rings. The number of nitrogens with zero attached hydrogens (tertiary/aromatic N) is 1. The highest BCUT2D eigenvalue weighted by atomic mass is 32.2. The summed E-state index contributed by atoms with van der Waals surface area (Å²) in [6.07, 6.45) is 3.70. The molecule has 3 atom stereocenters. The molecule has 1 spiro atoms. The van der Waals surface area contributed by atoms with Crippen molar-refractivity contribution in [3.8, 4) is 0 Å². The second-order valence-electron chi connectivity index (χ2n) is 5.72. The summed E-state index contributed by atoms with van der Waals surface area (Å²) in [5.74, 6) is 1.16. The summed E-state index contributed by atoms with van der Waals surface area (Å²) in [6.45, 7) is 6.24. The van der Waals surface area contributed by atoms with Crippen LogP contribution in [-0.4, -0.2) is 44.8 Å². The van der Waals surface area contributed by atoms with E-state index < -0.39 is 10.8 Å². The van der Waals surface area contributed by atoms with Crippen molar-refractivity contribution in [3.05, 3.63) is 0 Å². The monoisotopic (exact) mass is 258 g/mol. The van der Waals surface area contributed by atoms with Crippen molar-refractivity contribution in [1.29, 1.82) is 0 Å². The topological polar surface area (TPSA) is 49.4 Å². The van der Waals surface area contributed by atoms with Crippen LogP contribution < -0.4 is 5.32 Å². The quantitative estimate of drug-likeness (QED) is 0.807. The molecule has 4 nitrogen and oxygen atoms in total. The van der Waals surface area contributed by atoms with Crippen LogP contribution in [-0.2, 0) is 15.6 Å². The standard InChI is InChI=1S/C12H22N2O2S/c1-8(2)10-13-12(5-6-12)11(15)14(10)9(3)7-17(4)16/h8-10,13H,5-7H2,1-4H3. The molecule has 0 radical (unpaired) electrons. The van der Waals surface area contributed by atoms with Gasteiger partial charge < -0.3 is 4.90 Å². The Morgan fingerprint density at radius 3 is 2.47 bits per heavy atom. The summed E-state index contributed by atoms with van der Waals surface area (Å²) < 4.78 is 11.3. The second-order valence-corrected chi connectivity index (χ2v) is 7.20. The van der Waals surface area contributed by atoms with Gasteiger partial charge >= 0.3 is 0 Å². The van der Waals surface area contributed by atoms with E-state index in [0.29, 0.717) is 11.7 Å². The van der Waals surface area contributed by atoms with Gasteiger partial charge in [-0.2, -0.15) is 0 Å². The van der Waals surface area contributed by atoms with Crippen molar-refractivity contribution in [1.82, 2.24) is 10.2 Å². The van der Waals surface area contributed by atoms with Crippen LogP contribution in [0.25, 0.3) is 0 Å². The van der Waals surface area contributed by atoms with Crippen LogP contribution in [0.15, 0.2) is 0 Å². The summed E-state index contributed by atoms with van der Waals surface area (Å²) in [4.78, 5) is 14.3. The first-order chi connectivity index (χ1) is 7.87. The molecule has 98 valence electrons. The molecule has 1 aliphatic heterocycles. The van der Waals surface area contributed by atoms with Crippen LogP contribution in [0.5, 0.6) is 0 Å². The van der Waals surface area contributed by atoms with Crippen molar-refractivity contribution >= 4 is 16.7 Å². The molecule has 1 saturated heterocycles. The van der Waals surface area contributed by atoms with Crippen LogP contribution in [0, 0.1) is 5.92 Å². The molecule has 0 aromatic heterocycles. The van der Waals surface area contributed by atoms with E-state index in [-0.39, 0.29) is 23.7 Å². The SMILES string of the molecule is CC(C)C1NC2(CC2)C(=O)N1C(C)CS(C)=O. The van der Waals surface area contributed by atoms with E-state index in [1.165, 1.54) is 0 Å². The maximum atomic E-state index is 12.4. The number of amides is 1. The fraction of sp³-hybridized carbons (Fsp3) is 0.917. The van der Waals surface area contributed by atoms with Crippen LogP contribution in [0.4, 0.5) is 0 Å². The third-order valence-electron chi connectivity index (χ3n) is 3.70. The smallest absolute Gasteiger partial charge is 0.244 e. The Kier molecular flexibility index (Phi) is 3.34. The molecule has 1 N–H and O–H groups in total. The minimum Gasteiger partial charge on any atom is -0.322 e. The lowest BCUT2D eigenvalue weighted by atomic mass is 10.1. The molecule has 0 bridgehead atoms. The molecule has 1 heterocycles. The van der Waals surface area contributed by atoms with Gasteiger partial charge in [0.15, 0.2) is 0 Å². The Labute approximate surface area is 106 Å². The molecular weight excluding hydrogens is 236 g/mol. The highest BCUT2D eigenvalue weighted by molar-refractivity contribution is 7.84. The predicted molar refractivity (Wildman–Crippen MR) is 69.0 cm³/mol. The molecule has 0 aromatic rings. The lowest BCUT2D eigenvalue weighted by Gasteiger charge is -2.32. The predicted octanol–water partition coefficient (Wildman–Crippen LogP) is 0.700. The Balaban J connectivity index is 2.16. The fourth-order valence-electron chi connectivity index (χ4n) is 2.65. The lowest BCUT2D eigenvalue weighted by Crippen LogP contribution is -2.48. The van der Waals surface area contributed by atoms with Gasteiger partial charge in [-0.3, -0.25) is 14.3 Å². The van der Waals surface area contributed by atoms with Gasteiger partial charge in [0.2, 0.25) is 5.91 Å². The number of hydrogen-bond donors (Lipinski definition) is 1. The van der Waals surface area contributed by atoms with Crippen LogP contribution in [0.1, 0.15) is 33.6 Å². The van der Waals surface area contributed by atoms with E-state index in [2.05, 4.69) is 19.2 Å². The van der Waals surface area contributed by atoms with Gasteiger partial charge in [0.25, 0.3) is 0 Å². The summed E-state index contributed by atoms with van der Waals surface area (Å²) in [7, 11) is -0.861. The molecule has 17 heavy (non-hydrogen) atoms. The maximum Gasteiger partial charge on any atom is 0.244 e. The van der Waals surface area contributed by atoms with Gasteiger partial charge in [0.1, 0.15) is 0 Å². The molecule has 0 aromatic carbocycles. The molecule has 5 heteroatoms. The van der Waals surface area contributed by atoms with Crippen LogP contribution >= 0.6 is 0 Å². The molecule has 2 rings (SSSR count).